The fraction of sp³-hybridized carbons (Fsp3) is 0.462. The highest BCUT2D eigenvalue weighted by Crippen LogP contribution is 2.28. The van der Waals surface area contributed by atoms with Crippen LogP contribution in [0.4, 0.5) is 17.1 Å². The van der Waals surface area contributed by atoms with Crippen molar-refractivity contribution in [3.05, 3.63) is 18.2 Å². The van der Waals surface area contributed by atoms with Crippen molar-refractivity contribution in [2.45, 2.75) is 13.8 Å². The molecule has 0 aliphatic rings. The topological polar surface area (TPSA) is 67.6 Å². The zero-order valence-electron chi connectivity index (χ0n) is 11.2. The molecule has 0 bridgehead atoms. The molecule has 3 N–H and O–H groups in total. The van der Waals surface area contributed by atoms with Crippen LogP contribution < -0.4 is 16.0 Å². The molecular weight excluding hydrogens is 230 g/mol. The summed E-state index contributed by atoms with van der Waals surface area (Å²) >= 11 is 0. The van der Waals surface area contributed by atoms with Crippen molar-refractivity contribution in [3.63, 3.8) is 0 Å². The molecule has 5 heteroatoms. The maximum absolute atomic E-state index is 11.6. The van der Waals surface area contributed by atoms with E-state index < -0.39 is 0 Å². The van der Waals surface area contributed by atoms with Crippen LogP contribution in [0.5, 0.6) is 0 Å². The minimum Gasteiger partial charge on any atom is -0.399 e. The Morgan fingerprint density at radius 3 is 2.61 bits per heavy atom. The number of hydrogen-bond donors (Lipinski definition) is 2. The van der Waals surface area contributed by atoms with Crippen LogP contribution in [0.2, 0.25) is 0 Å². The Balaban J connectivity index is 2.99. The van der Waals surface area contributed by atoms with Crippen molar-refractivity contribution in [3.8, 4) is 0 Å². The van der Waals surface area contributed by atoms with Gasteiger partial charge in [0, 0.05) is 25.9 Å². The number of nitrogen functional groups attached to an aromatic ring is 1. The molecule has 0 radical (unpaired) electrons. The predicted molar refractivity (Wildman–Crippen MR) is 74.9 cm³/mol. The minimum atomic E-state index is -0.171. The number of benzene rings is 1. The van der Waals surface area contributed by atoms with E-state index in [1.165, 1.54) is 7.11 Å². The normalized spacial score (nSPS) is 10.2. The average molecular weight is 251 g/mol. The van der Waals surface area contributed by atoms with Gasteiger partial charge in [-0.05, 0) is 32.0 Å². The molecule has 0 aliphatic heterocycles. The van der Waals surface area contributed by atoms with E-state index in [0.717, 1.165) is 24.5 Å². The summed E-state index contributed by atoms with van der Waals surface area (Å²) in [6.07, 6.45) is 0. The first kappa shape index (κ1) is 14.3. The van der Waals surface area contributed by atoms with Crippen molar-refractivity contribution < 1.29 is 9.53 Å². The standard InChI is InChI=1S/C13H21N3O2/c1-4-16(5-2)12-8-10(14)6-7-11(12)15-13(17)9-18-3/h6-8H,4-5,9,14H2,1-3H3,(H,15,17). The Bertz CT molecular complexity index is 403. The van der Waals surface area contributed by atoms with Crippen LogP contribution in [0, 0.1) is 0 Å². The molecule has 0 saturated heterocycles. The summed E-state index contributed by atoms with van der Waals surface area (Å²) in [5, 5.41) is 2.83. The number of methoxy groups -OCH3 is 1. The summed E-state index contributed by atoms with van der Waals surface area (Å²) < 4.78 is 4.80. The van der Waals surface area contributed by atoms with Crippen LogP contribution in [0.1, 0.15) is 13.8 Å². The molecule has 18 heavy (non-hydrogen) atoms. The van der Waals surface area contributed by atoms with Crippen LogP contribution in [0.3, 0.4) is 0 Å². The van der Waals surface area contributed by atoms with Crippen LogP contribution in [0.25, 0.3) is 0 Å². The van der Waals surface area contributed by atoms with Crippen LogP contribution in [0.15, 0.2) is 18.2 Å². The molecular formula is C13H21N3O2. The summed E-state index contributed by atoms with van der Waals surface area (Å²) in [6, 6.07) is 5.46. The van der Waals surface area contributed by atoms with Gasteiger partial charge >= 0.3 is 0 Å². The molecule has 5 nitrogen and oxygen atoms in total. The second kappa shape index (κ2) is 6.86. The Labute approximate surface area is 108 Å². The molecule has 100 valence electrons. The van der Waals surface area contributed by atoms with Gasteiger partial charge in [-0.25, -0.2) is 0 Å². The lowest BCUT2D eigenvalue weighted by molar-refractivity contribution is -0.119. The van der Waals surface area contributed by atoms with Gasteiger partial charge in [-0.15, -0.1) is 0 Å². The minimum absolute atomic E-state index is 0.0437. The van der Waals surface area contributed by atoms with Gasteiger partial charge in [0.15, 0.2) is 0 Å². The first-order valence-electron chi connectivity index (χ1n) is 6.05. The maximum atomic E-state index is 11.6. The maximum Gasteiger partial charge on any atom is 0.250 e. The Kier molecular flexibility index (Phi) is 5.45. The second-order valence-corrected chi connectivity index (χ2v) is 3.93. The van der Waals surface area contributed by atoms with Gasteiger partial charge < -0.3 is 20.7 Å². The molecule has 0 atom stereocenters. The van der Waals surface area contributed by atoms with E-state index in [2.05, 4.69) is 24.1 Å². The highest BCUT2D eigenvalue weighted by molar-refractivity contribution is 5.95. The molecule has 0 unspecified atom stereocenters. The van der Waals surface area contributed by atoms with Crippen molar-refractivity contribution in [2.24, 2.45) is 0 Å². The molecule has 0 aliphatic carbocycles. The van der Waals surface area contributed by atoms with Gasteiger partial charge in [0.2, 0.25) is 5.91 Å². The SMILES string of the molecule is CCN(CC)c1cc(N)ccc1NC(=O)COC. The van der Waals surface area contributed by atoms with Gasteiger partial charge in [0.1, 0.15) is 6.61 Å². The zero-order valence-corrected chi connectivity index (χ0v) is 11.2. The number of carbonyl (C=O) groups is 1. The smallest absolute Gasteiger partial charge is 0.250 e. The Morgan fingerprint density at radius 1 is 1.39 bits per heavy atom. The number of nitrogens with one attached hydrogen (secondary N) is 1. The molecule has 0 heterocycles. The molecule has 1 amide bonds. The summed E-state index contributed by atoms with van der Waals surface area (Å²) in [5.41, 5.74) is 8.18. The third-order valence-electron chi connectivity index (χ3n) is 2.68. The van der Waals surface area contributed by atoms with Crippen molar-refractivity contribution in [1.29, 1.82) is 0 Å². The second-order valence-electron chi connectivity index (χ2n) is 3.93. The van der Waals surface area contributed by atoms with Crippen molar-refractivity contribution in [2.75, 3.05) is 42.8 Å². The molecule has 0 saturated carbocycles. The molecule has 1 rings (SSSR count). The predicted octanol–water partition coefficient (Wildman–Crippen LogP) is 1.70. The first-order chi connectivity index (χ1) is 8.62. The number of amides is 1. The first-order valence-corrected chi connectivity index (χ1v) is 6.05. The van der Waals surface area contributed by atoms with E-state index in [1.54, 1.807) is 6.07 Å². The summed E-state index contributed by atoms with van der Waals surface area (Å²) in [5.74, 6) is -0.171. The summed E-state index contributed by atoms with van der Waals surface area (Å²) in [6.45, 7) is 5.88. The number of ether oxygens (including phenoxy) is 1. The number of rotatable bonds is 6. The van der Waals surface area contributed by atoms with Crippen molar-refractivity contribution in [1.82, 2.24) is 0 Å². The van der Waals surface area contributed by atoms with E-state index in [1.807, 2.05) is 12.1 Å². The molecule has 0 aromatic heterocycles. The molecule has 1 aromatic carbocycles. The molecule has 1 aromatic rings. The Hall–Kier alpha value is -1.75. The zero-order chi connectivity index (χ0) is 13.5. The van der Waals surface area contributed by atoms with Gasteiger partial charge in [-0.3, -0.25) is 4.79 Å². The Morgan fingerprint density at radius 2 is 2.06 bits per heavy atom. The summed E-state index contributed by atoms with van der Waals surface area (Å²) in [4.78, 5) is 13.7. The van der Waals surface area contributed by atoms with Gasteiger partial charge in [0.25, 0.3) is 0 Å². The van der Waals surface area contributed by atoms with Crippen LogP contribution in [-0.4, -0.2) is 32.7 Å². The monoisotopic (exact) mass is 251 g/mol. The van der Waals surface area contributed by atoms with E-state index in [-0.39, 0.29) is 12.5 Å². The van der Waals surface area contributed by atoms with Gasteiger partial charge in [0.05, 0.1) is 11.4 Å². The van der Waals surface area contributed by atoms with E-state index in [4.69, 9.17) is 10.5 Å². The van der Waals surface area contributed by atoms with E-state index in [9.17, 15) is 4.79 Å². The third-order valence-corrected chi connectivity index (χ3v) is 2.68. The van der Waals surface area contributed by atoms with Crippen LogP contribution in [-0.2, 0) is 9.53 Å². The van der Waals surface area contributed by atoms with Crippen LogP contribution >= 0.6 is 0 Å². The fourth-order valence-electron chi connectivity index (χ4n) is 1.80. The quantitative estimate of drug-likeness (QED) is 0.755. The highest BCUT2D eigenvalue weighted by Gasteiger charge is 2.11. The molecule has 0 spiro atoms. The lowest BCUT2D eigenvalue weighted by Gasteiger charge is -2.24. The largest absolute Gasteiger partial charge is 0.399 e. The van der Waals surface area contributed by atoms with Gasteiger partial charge in [-0.2, -0.15) is 0 Å². The van der Waals surface area contributed by atoms with Gasteiger partial charge in [-0.1, -0.05) is 0 Å². The lowest BCUT2D eigenvalue weighted by atomic mass is 10.2. The third kappa shape index (κ3) is 3.63. The average Bonchev–Trinajstić information content (AvgIpc) is 2.34. The van der Waals surface area contributed by atoms with E-state index >= 15 is 0 Å². The fourth-order valence-corrected chi connectivity index (χ4v) is 1.80. The number of anilines is 3. The summed E-state index contributed by atoms with van der Waals surface area (Å²) in [7, 11) is 1.49. The van der Waals surface area contributed by atoms with E-state index in [0.29, 0.717) is 5.69 Å². The lowest BCUT2D eigenvalue weighted by Crippen LogP contribution is -2.25. The number of carbonyl (C=O) groups excluding carboxylic acids is 1. The number of nitrogens with two attached hydrogens (primary N) is 1. The highest BCUT2D eigenvalue weighted by atomic mass is 16.5. The molecule has 0 fully saturated rings. The number of hydrogen-bond acceptors (Lipinski definition) is 4. The number of nitrogens with zero attached hydrogens (tertiary/aromatic N) is 1. The van der Waals surface area contributed by atoms with Crippen molar-refractivity contribution >= 4 is 23.0 Å².